The Morgan fingerprint density at radius 1 is 1.42 bits per heavy atom. The summed E-state index contributed by atoms with van der Waals surface area (Å²) in [6, 6.07) is 9.49. The lowest BCUT2D eigenvalue weighted by atomic mass is 10.1. The summed E-state index contributed by atoms with van der Waals surface area (Å²) in [5.74, 6) is 0.444. The van der Waals surface area contributed by atoms with Gasteiger partial charge in [-0.2, -0.15) is 0 Å². The van der Waals surface area contributed by atoms with Crippen molar-refractivity contribution in [1.82, 2.24) is 15.2 Å². The number of carbonyl (C=O) groups excluding carboxylic acids is 1. The number of esters is 1. The number of nitrogens with one attached hydrogen (secondary N) is 1. The standard InChI is InChI=1S/C13H15N3O2S/c1-3-18-12(17)11(10-7-5-4-6-8-10)19-13-14-9(2)15-16-13/h4-8,11H,3H2,1-2H3,(H,14,15,16). The number of rotatable bonds is 5. The summed E-state index contributed by atoms with van der Waals surface area (Å²) in [4.78, 5) is 16.3. The predicted octanol–water partition coefficient (Wildman–Crippen LogP) is 2.51. The highest BCUT2D eigenvalue weighted by molar-refractivity contribution is 8.00. The van der Waals surface area contributed by atoms with Gasteiger partial charge in [-0.25, -0.2) is 4.98 Å². The van der Waals surface area contributed by atoms with E-state index in [9.17, 15) is 4.79 Å². The first-order valence-electron chi connectivity index (χ1n) is 5.98. The van der Waals surface area contributed by atoms with E-state index < -0.39 is 5.25 Å². The number of ether oxygens (including phenoxy) is 1. The second kappa shape index (κ2) is 6.38. The molecule has 0 radical (unpaired) electrons. The van der Waals surface area contributed by atoms with Gasteiger partial charge in [0.05, 0.1) is 6.61 Å². The lowest BCUT2D eigenvalue weighted by Gasteiger charge is -2.13. The van der Waals surface area contributed by atoms with Crippen molar-refractivity contribution in [2.45, 2.75) is 24.3 Å². The van der Waals surface area contributed by atoms with Gasteiger partial charge in [-0.1, -0.05) is 42.1 Å². The Morgan fingerprint density at radius 2 is 2.16 bits per heavy atom. The van der Waals surface area contributed by atoms with Crippen LogP contribution in [-0.4, -0.2) is 27.8 Å². The molecule has 1 heterocycles. The SMILES string of the molecule is CCOC(=O)C(Sc1n[nH]c(C)n1)c1ccccc1. The molecule has 6 heteroatoms. The van der Waals surface area contributed by atoms with Crippen molar-refractivity contribution in [3.63, 3.8) is 0 Å². The molecule has 19 heavy (non-hydrogen) atoms. The van der Waals surface area contributed by atoms with Crippen LogP contribution in [0.3, 0.4) is 0 Å². The van der Waals surface area contributed by atoms with Crippen LogP contribution < -0.4 is 0 Å². The Morgan fingerprint density at radius 3 is 2.74 bits per heavy atom. The molecule has 0 saturated carbocycles. The zero-order valence-electron chi connectivity index (χ0n) is 10.8. The molecule has 1 aromatic carbocycles. The number of aromatic nitrogens is 3. The molecule has 0 bridgehead atoms. The maximum atomic E-state index is 12.0. The third kappa shape index (κ3) is 3.57. The van der Waals surface area contributed by atoms with Crippen molar-refractivity contribution < 1.29 is 9.53 Å². The maximum absolute atomic E-state index is 12.0. The summed E-state index contributed by atoms with van der Waals surface area (Å²) in [7, 11) is 0. The molecule has 100 valence electrons. The van der Waals surface area contributed by atoms with E-state index in [-0.39, 0.29) is 5.97 Å². The molecule has 0 saturated heterocycles. The Balaban J connectivity index is 2.22. The fraction of sp³-hybridized carbons (Fsp3) is 0.308. The number of nitrogens with zero attached hydrogens (tertiary/aromatic N) is 2. The van der Waals surface area contributed by atoms with Crippen LogP contribution in [0.15, 0.2) is 35.5 Å². The number of hydrogen-bond donors (Lipinski definition) is 1. The van der Waals surface area contributed by atoms with Crippen molar-refractivity contribution >= 4 is 17.7 Å². The van der Waals surface area contributed by atoms with E-state index in [1.165, 1.54) is 11.8 Å². The molecular weight excluding hydrogens is 262 g/mol. The molecule has 0 fully saturated rings. The smallest absolute Gasteiger partial charge is 0.324 e. The Kier molecular flexibility index (Phi) is 4.57. The van der Waals surface area contributed by atoms with Crippen molar-refractivity contribution in [2.75, 3.05) is 6.61 Å². The number of aromatic amines is 1. The summed E-state index contributed by atoms with van der Waals surface area (Å²) >= 11 is 1.28. The van der Waals surface area contributed by atoms with Gasteiger partial charge >= 0.3 is 5.97 Å². The number of benzene rings is 1. The molecule has 2 aromatic rings. The Bertz CT molecular complexity index is 542. The average molecular weight is 277 g/mol. The van der Waals surface area contributed by atoms with Crippen LogP contribution in [0.4, 0.5) is 0 Å². The predicted molar refractivity (Wildman–Crippen MR) is 72.8 cm³/mol. The highest BCUT2D eigenvalue weighted by Gasteiger charge is 2.24. The van der Waals surface area contributed by atoms with Crippen LogP contribution in [0, 0.1) is 6.92 Å². The molecule has 1 aromatic heterocycles. The molecule has 1 N–H and O–H groups in total. The van der Waals surface area contributed by atoms with E-state index in [0.29, 0.717) is 11.8 Å². The Labute approximate surface area is 115 Å². The summed E-state index contributed by atoms with van der Waals surface area (Å²) in [5.41, 5.74) is 0.883. The maximum Gasteiger partial charge on any atom is 0.324 e. The van der Waals surface area contributed by atoms with Crippen LogP contribution in [0.2, 0.25) is 0 Å². The summed E-state index contributed by atoms with van der Waals surface area (Å²) in [6.45, 7) is 3.97. The van der Waals surface area contributed by atoms with E-state index in [0.717, 1.165) is 11.4 Å². The van der Waals surface area contributed by atoms with Crippen LogP contribution in [0.1, 0.15) is 23.6 Å². The van der Waals surface area contributed by atoms with Gasteiger partial charge in [0, 0.05) is 0 Å². The van der Waals surface area contributed by atoms with E-state index in [2.05, 4.69) is 15.2 Å². The molecule has 0 amide bonds. The first kappa shape index (κ1) is 13.6. The van der Waals surface area contributed by atoms with Gasteiger partial charge in [-0.15, -0.1) is 5.10 Å². The largest absolute Gasteiger partial charge is 0.465 e. The second-order valence-electron chi connectivity index (χ2n) is 3.86. The minimum atomic E-state index is -0.448. The molecule has 0 aliphatic heterocycles. The third-order valence-corrected chi connectivity index (χ3v) is 3.50. The minimum absolute atomic E-state index is 0.277. The van der Waals surface area contributed by atoms with E-state index in [1.54, 1.807) is 6.92 Å². The fourth-order valence-electron chi connectivity index (χ4n) is 1.58. The Hall–Kier alpha value is -1.82. The summed E-state index contributed by atoms with van der Waals surface area (Å²) < 4.78 is 5.11. The number of hydrogen-bond acceptors (Lipinski definition) is 5. The normalized spacial score (nSPS) is 12.1. The monoisotopic (exact) mass is 277 g/mol. The average Bonchev–Trinajstić information content (AvgIpc) is 2.83. The van der Waals surface area contributed by atoms with Crippen LogP contribution in [0.5, 0.6) is 0 Å². The zero-order valence-corrected chi connectivity index (χ0v) is 11.6. The highest BCUT2D eigenvalue weighted by atomic mass is 32.2. The van der Waals surface area contributed by atoms with Gasteiger partial charge in [0.2, 0.25) is 5.16 Å². The molecule has 0 spiro atoms. The van der Waals surface area contributed by atoms with Gasteiger partial charge in [-0.05, 0) is 19.4 Å². The zero-order chi connectivity index (χ0) is 13.7. The molecule has 0 aliphatic carbocycles. The molecule has 1 atom stereocenters. The van der Waals surface area contributed by atoms with Crippen LogP contribution in [-0.2, 0) is 9.53 Å². The van der Waals surface area contributed by atoms with E-state index in [1.807, 2.05) is 37.3 Å². The van der Waals surface area contributed by atoms with E-state index in [4.69, 9.17) is 4.74 Å². The number of H-pyrrole nitrogens is 1. The number of thioether (sulfide) groups is 1. The fourth-order valence-corrected chi connectivity index (χ4v) is 2.53. The van der Waals surface area contributed by atoms with Crippen molar-refractivity contribution in [3.8, 4) is 0 Å². The van der Waals surface area contributed by atoms with Gasteiger partial charge in [0.25, 0.3) is 0 Å². The van der Waals surface area contributed by atoms with Gasteiger partial charge in [0.1, 0.15) is 11.1 Å². The summed E-state index contributed by atoms with van der Waals surface area (Å²) in [6.07, 6.45) is 0. The number of carbonyl (C=O) groups is 1. The van der Waals surface area contributed by atoms with Crippen LogP contribution in [0.25, 0.3) is 0 Å². The lowest BCUT2D eigenvalue weighted by Crippen LogP contribution is -2.13. The first-order valence-corrected chi connectivity index (χ1v) is 6.86. The molecule has 1 unspecified atom stereocenters. The van der Waals surface area contributed by atoms with Crippen molar-refractivity contribution in [2.24, 2.45) is 0 Å². The first-order chi connectivity index (χ1) is 9.20. The second-order valence-corrected chi connectivity index (χ2v) is 4.94. The van der Waals surface area contributed by atoms with Crippen molar-refractivity contribution in [3.05, 3.63) is 41.7 Å². The highest BCUT2D eigenvalue weighted by Crippen LogP contribution is 2.34. The van der Waals surface area contributed by atoms with Gasteiger partial charge in [0.15, 0.2) is 0 Å². The van der Waals surface area contributed by atoms with Gasteiger partial charge in [-0.3, -0.25) is 9.89 Å². The number of aryl methyl sites for hydroxylation is 1. The molecule has 5 nitrogen and oxygen atoms in total. The van der Waals surface area contributed by atoms with E-state index >= 15 is 0 Å². The molecular formula is C13H15N3O2S. The minimum Gasteiger partial charge on any atom is -0.465 e. The van der Waals surface area contributed by atoms with Gasteiger partial charge < -0.3 is 4.74 Å². The third-order valence-electron chi connectivity index (χ3n) is 2.40. The molecule has 0 aliphatic rings. The topological polar surface area (TPSA) is 67.9 Å². The van der Waals surface area contributed by atoms with Crippen molar-refractivity contribution in [1.29, 1.82) is 0 Å². The lowest BCUT2D eigenvalue weighted by molar-refractivity contribution is -0.142. The summed E-state index contributed by atoms with van der Waals surface area (Å²) in [5, 5.41) is 6.90. The molecule has 2 rings (SSSR count). The quantitative estimate of drug-likeness (QED) is 0.672. The van der Waals surface area contributed by atoms with Crippen LogP contribution >= 0.6 is 11.8 Å².